The van der Waals surface area contributed by atoms with Crippen molar-refractivity contribution in [3.8, 4) is 0 Å². The highest BCUT2D eigenvalue weighted by molar-refractivity contribution is 5.96. The van der Waals surface area contributed by atoms with Crippen LogP contribution in [0.15, 0.2) is 11.6 Å². The number of fused-ring (bicyclic) bond motifs is 2. The minimum Gasteiger partial charge on any atom is -0.459 e. The Morgan fingerprint density at radius 3 is 2.45 bits per heavy atom. The summed E-state index contributed by atoms with van der Waals surface area (Å²) in [6.07, 6.45) is -5.08. The lowest BCUT2D eigenvalue weighted by atomic mass is 9.38. The zero-order chi connectivity index (χ0) is 28.2. The van der Waals surface area contributed by atoms with Crippen LogP contribution in [0.3, 0.4) is 0 Å². The molecule has 11 heteroatoms. The van der Waals surface area contributed by atoms with Crippen LogP contribution in [0.4, 0.5) is 0 Å². The van der Waals surface area contributed by atoms with E-state index >= 15 is 0 Å². The summed E-state index contributed by atoms with van der Waals surface area (Å²) in [6, 6.07) is 0. The van der Waals surface area contributed by atoms with Crippen LogP contribution in [0.25, 0.3) is 0 Å². The van der Waals surface area contributed by atoms with Gasteiger partial charge in [0.05, 0.1) is 18.6 Å². The second-order valence-corrected chi connectivity index (χ2v) is 12.3. The number of carbonyl (C=O) groups is 4. The Balaban J connectivity index is 1.65. The molecule has 5 aliphatic rings. The van der Waals surface area contributed by atoms with Crippen molar-refractivity contribution in [2.75, 3.05) is 6.61 Å². The molecule has 0 unspecified atom stereocenters. The fourth-order valence-corrected chi connectivity index (χ4v) is 8.49. The monoisotopic (exact) mass is 536 g/mol. The number of hydrogen-bond acceptors (Lipinski definition) is 11. The van der Waals surface area contributed by atoms with Crippen molar-refractivity contribution in [1.29, 1.82) is 0 Å². The summed E-state index contributed by atoms with van der Waals surface area (Å²) in [6.45, 7) is 9.14. The van der Waals surface area contributed by atoms with E-state index in [1.165, 1.54) is 13.0 Å². The normalized spacial score (nSPS) is 48.6. The molecular weight excluding hydrogens is 500 g/mol. The first-order chi connectivity index (χ1) is 17.6. The molecule has 11 nitrogen and oxygen atoms in total. The molecule has 3 N–H and O–H groups in total. The molecule has 4 fully saturated rings. The first kappa shape index (κ1) is 27.2. The van der Waals surface area contributed by atoms with Crippen LogP contribution in [-0.2, 0) is 38.1 Å². The van der Waals surface area contributed by atoms with Crippen LogP contribution in [0, 0.1) is 28.6 Å². The molecule has 2 saturated carbocycles. The Labute approximate surface area is 220 Å². The lowest BCUT2D eigenvalue weighted by Crippen LogP contribution is -2.78. The average molecular weight is 537 g/mol. The van der Waals surface area contributed by atoms with Crippen molar-refractivity contribution in [3.05, 3.63) is 11.6 Å². The summed E-state index contributed by atoms with van der Waals surface area (Å²) in [7, 11) is 0. The second kappa shape index (κ2) is 8.33. The lowest BCUT2D eigenvalue weighted by molar-refractivity contribution is -0.298. The zero-order valence-corrected chi connectivity index (χ0v) is 22.4. The van der Waals surface area contributed by atoms with Crippen LogP contribution in [0.2, 0.25) is 0 Å². The number of aliphatic hydroxyl groups excluding tert-OH is 3. The highest BCUT2D eigenvalue weighted by Gasteiger charge is 2.82. The number of allylic oxidation sites excluding steroid dienone is 1. The minimum atomic E-state index is -1.68. The van der Waals surface area contributed by atoms with Crippen molar-refractivity contribution in [2.24, 2.45) is 28.6 Å². The summed E-state index contributed by atoms with van der Waals surface area (Å²) >= 11 is 0. The quantitative estimate of drug-likeness (QED) is 0.332. The molecule has 38 heavy (non-hydrogen) atoms. The Morgan fingerprint density at radius 1 is 1.18 bits per heavy atom. The number of rotatable bonds is 4. The van der Waals surface area contributed by atoms with E-state index in [-0.39, 0.29) is 19.4 Å². The largest absolute Gasteiger partial charge is 0.459 e. The van der Waals surface area contributed by atoms with E-state index in [9.17, 15) is 34.5 Å². The first-order valence-electron chi connectivity index (χ1n) is 13.1. The zero-order valence-electron chi connectivity index (χ0n) is 22.4. The van der Waals surface area contributed by atoms with Crippen molar-refractivity contribution in [3.63, 3.8) is 0 Å². The van der Waals surface area contributed by atoms with Crippen molar-refractivity contribution in [2.45, 2.75) is 96.1 Å². The van der Waals surface area contributed by atoms with Crippen LogP contribution in [0.1, 0.15) is 54.4 Å². The molecule has 12 atom stereocenters. The van der Waals surface area contributed by atoms with E-state index in [4.69, 9.17) is 18.9 Å². The van der Waals surface area contributed by atoms with E-state index in [0.29, 0.717) is 5.57 Å². The van der Waals surface area contributed by atoms with Gasteiger partial charge < -0.3 is 34.3 Å². The van der Waals surface area contributed by atoms with Gasteiger partial charge in [0, 0.05) is 23.7 Å². The summed E-state index contributed by atoms with van der Waals surface area (Å²) in [5.74, 6) is -5.34. The molecule has 210 valence electrons. The molecule has 0 aromatic rings. The second-order valence-electron chi connectivity index (χ2n) is 12.3. The number of aliphatic hydroxyl groups is 3. The molecule has 5 rings (SSSR count). The molecule has 2 bridgehead atoms. The molecule has 2 saturated heterocycles. The third-order valence-corrected chi connectivity index (χ3v) is 10.4. The number of esters is 3. The third kappa shape index (κ3) is 3.16. The van der Waals surface area contributed by atoms with E-state index in [2.05, 4.69) is 0 Å². The molecule has 2 aliphatic heterocycles. The number of ether oxygens (including phenoxy) is 4. The van der Waals surface area contributed by atoms with Crippen LogP contribution in [-0.4, -0.2) is 87.3 Å². The molecule has 0 aromatic heterocycles. The predicted octanol–water partition coefficient (Wildman–Crippen LogP) is 0.215. The molecule has 2 heterocycles. The summed E-state index contributed by atoms with van der Waals surface area (Å²) in [5.41, 5.74) is -4.91. The highest BCUT2D eigenvalue weighted by Crippen LogP contribution is 2.72. The Bertz CT molecular complexity index is 1130. The number of hydrogen-bond donors (Lipinski definition) is 3. The van der Waals surface area contributed by atoms with Gasteiger partial charge in [-0.15, -0.1) is 0 Å². The SMILES string of the molecule is CC[C@@](C)(OC(C)=O)C(=O)O[C@H]1C(=O)O[C@@H]2C[C@H]3C(C)=CC(=O)[C@@H](O)[C@]3(C)[C@H]3[C@@H](O)[C@H](O)[C@@]4(C)OC[C@]32[C@@H]14. The fourth-order valence-electron chi connectivity index (χ4n) is 8.49. The van der Waals surface area contributed by atoms with Crippen LogP contribution >= 0.6 is 0 Å². The Hall–Kier alpha value is -2.34. The molecule has 0 amide bonds. The van der Waals surface area contributed by atoms with Gasteiger partial charge >= 0.3 is 17.9 Å². The lowest BCUT2D eigenvalue weighted by Gasteiger charge is -2.68. The first-order valence-corrected chi connectivity index (χ1v) is 13.1. The van der Waals surface area contributed by atoms with Gasteiger partial charge in [-0.05, 0) is 45.6 Å². The van der Waals surface area contributed by atoms with Gasteiger partial charge in [-0.25, -0.2) is 9.59 Å². The van der Waals surface area contributed by atoms with Gasteiger partial charge in [-0.1, -0.05) is 19.4 Å². The van der Waals surface area contributed by atoms with Crippen LogP contribution < -0.4 is 0 Å². The Morgan fingerprint density at radius 2 is 1.84 bits per heavy atom. The minimum absolute atomic E-state index is 0.0556. The molecule has 3 aliphatic carbocycles. The topological polar surface area (TPSA) is 166 Å². The highest BCUT2D eigenvalue weighted by atomic mass is 16.6. The Kier molecular flexibility index (Phi) is 5.97. The standard InChI is InChI=1S/C27H36O11/c1-7-24(4,38-12(3)28)23(34)37-17-19-26(6)21(32)16(30)18-25(5)13(11(2)8-14(29)20(25)31)9-15(36-22(17)33)27(18,19)10-35-26/h8,13,15-21,30-32H,7,9-10H2,1-6H3/t13-,15+,16+,17+,18+,19-,20+,21-,24+,25-,26-,27+/m0/s1. The maximum atomic E-state index is 13.5. The van der Waals surface area contributed by atoms with E-state index < -0.39 is 94.0 Å². The number of ketones is 1. The van der Waals surface area contributed by atoms with Crippen molar-refractivity contribution in [1.82, 2.24) is 0 Å². The van der Waals surface area contributed by atoms with Crippen molar-refractivity contribution < 1.29 is 53.4 Å². The number of carbonyl (C=O) groups excluding carboxylic acids is 4. The van der Waals surface area contributed by atoms with Gasteiger partial charge in [0.25, 0.3) is 0 Å². The third-order valence-electron chi connectivity index (χ3n) is 10.4. The maximum absolute atomic E-state index is 13.5. The van der Waals surface area contributed by atoms with E-state index in [1.807, 2.05) is 0 Å². The fraction of sp³-hybridized carbons (Fsp3) is 0.778. The van der Waals surface area contributed by atoms with E-state index in [1.54, 1.807) is 27.7 Å². The smallest absolute Gasteiger partial charge is 0.351 e. The average Bonchev–Trinajstić information content (AvgIpc) is 3.11. The van der Waals surface area contributed by atoms with Crippen molar-refractivity contribution >= 4 is 23.7 Å². The maximum Gasteiger partial charge on any atom is 0.351 e. The van der Waals surface area contributed by atoms with Gasteiger partial charge in [-0.3, -0.25) is 9.59 Å². The summed E-state index contributed by atoms with van der Waals surface area (Å²) < 4.78 is 23.1. The summed E-state index contributed by atoms with van der Waals surface area (Å²) in [5, 5.41) is 34.3. The molecule has 0 radical (unpaired) electrons. The molecular formula is C27H36O11. The van der Waals surface area contributed by atoms with Gasteiger partial charge in [0.1, 0.15) is 23.9 Å². The van der Waals surface area contributed by atoms with Gasteiger partial charge in [-0.2, -0.15) is 0 Å². The summed E-state index contributed by atoms with van der Waals surface area (Å²) in [4.78, 5) is 51.3. The van der Waals surface area contributed by atoms with Crippen LogP contribution in [0.5, 0.6) is 0 Å². The van der Waals surface area contributed by atoms with Gasteiger partial charge in [0.2, 0.25) is 11.7 Å². The van der Waals surface area contributed by atoms with E-state index in [0.717, 1.165) is 6.92 Å². The predicted molar refractivity (Wildman–Crippen MR) is 127 cm³/mol. The molecule has 1 spiro atoms. The molecule has 0 aromatic carbocycles. The van der Waals surface area contributed by atoms with Gasteiger partial charge in [0.15, 0.2) is 5.78 Å².